The SMILES string of the molecule is C[C@@H]1N(C(=O)OCOC(=O)CCCC(=O)OCCCCCCOC(=O)c2cc(S(N)(=O)=O)c(Cl)cc2NCc2ccco2)C(C)(C)CO[C@@]1(O)c1cccc(Cl)c1. The predicted molar refractivity (Wildman–Crippen MR) is 207 cm³/mol. The van der Waals surface area contributed by atoms with Crippen LogP contribution in [0.4, 0.5) is 10.5 Å². The Bertz CT molecular complexity index is 1980. The van der Waals surface area contributed by atoms with E-state index in [0.29, 0.717) is 42.0 Å². The van der Waals surface area contributed by atoms with Gasteiger partial charge in [-0.15, -0.1) is 0 Å². The third-order valence-electron chi connectivity index (χ3n) is 9.02. The van der Waals surface area contributed by atoms with Crippen LogP contribution in [0.1, 0.15) is 87.4 Å². The fraction of sp³-hybridized carbons (Fsp3) is 0.474. The van der Waals surface area contributed by atoms with E-state index in [4.69, 9.17) is 56.4 Å². The molecule has 4 rings (SSSR count). The molecule has 0 saturated carbocycles. The number of ether oxygens (including phenoxy) is 5. The topological polar surface area (TPSA) is 223 Å². The summed E-state index contributed by atoms with van der Waals surface area (Å²) in [6.45, 7) is 4.83. The number of morpholine rings is 1. The van der Waals surface area contributed by atoms with E-state index in [-0.39, 0.29) is 61.9 Å². The Morgan fingerprint density at radius 3 is 2.26 bits per heavy atom. The molecule has 2 aromatic carbocycles. The summed E-state index contributed by atoms with van der Waals surface area (Å²) in [7, 11) is -4.21. The number of furan rings is 1. The van der Waals surface area contributed by atoms with Crippen LogP contribution in [0, 0.1) is 0 Å². The number of nitrogens with one attached hydrogen (secondary N) is 1. The molecule has 16 nitrogen and oxygen atoms in total. The number of carbonyl (C=O) groups excluding carboxylic acids is 4. The van der Waals surface area contributed by atoms with Crippen molar-refractivity contribution in [3.05, 3.63) is 81.7 Å². The highest BCUT2D eigenvalue weighted by Gasteiger charge is 2.53. The van der Waals surface area contributed by atoms with Gasteiger partial charge in [0.15, 0.2) is 0 Å². The number of aliphatic hydroxyl groups is 1. The second-order valence-electron chi connectivity index (χ2n) is 13.8. The van der Waals surface area contributed by atoms with E-state index in [2.05, 4.69) is 5.32 Å². The van der Waals surface area contributed by atoms with Crippen molar-refractivity contribution in [2.45, 2.75) is 94.5 Å². The van der Waals surface area contributed by atoms with E-state index < -0.39 is 63.1 Å². The minimum atomic E-state index is -4.21. The predicted octanol–water partition coefficient (Wildman–Crippen LogP) is 6.26. The molecule has 312 valence electrons. The third kappa shape index (κ3) is 12.8. The van der Waals surface area contributed by atoms with Crippen molar-refractivity contribution in [2.24, 2.45) is 5.14 Å². The van der Waals surface area contributed by atoms with Crippen LogP contribution in [0.15, 0.2) is 64.1 Å². The first-order valence-electron chi connectivity index (χ1n) is 18.1. The molecule has 0 spiro atoms. The van der Waals surface area contributed by atoms with Crippen LogP contribution in [-0.4, -0.2) is 80.6 Å². The summed E-state index contributed by atoms with van der Waals surface area (Å²) in [5.74, 6) is -3.23. The van der Waals surface area contributed by atoms with E-state index in [1.54, 1.807) is 57.2 Å². The highest BCUT2D eigenvalue weighted by Crippen LogP contribution is 2.40. The molecule has 3 aromatic rings. The highest BCUT2D eigenvalue weighted by molar-refractivity contribution is 7.89. The number of unbranched alkanes of at least 4 members (excludes halogenated alkanes) is 3. The van der Waals surface area contributed by atoms with Gasteiger partial charge >= 0.3 is 24.0 Å². The number of hydrogen-bond donors (Lipinski definition) is 3. The van der Waals surface area contributed by atoms with Crippen LogP contribution < -0.4 is 10.5 Å². The molecule has 4 N–H and O–H groups in total. The van der Waals surface area contributed by atoms with E-state index >= 15 is 0 Å². The Morgan fingerprint density at radius 2 is 1.61 bits per heavy atom. The van der Waals surface area contributed by atoms with E-state index in [0.717, 1.165) is 6.07 Å². The molecular weight excluding hydrogens is 809 g/mol. The lowest BCUT2D eigenvalue weighted by atomic mass is 9.90. The molecule has 57 heavy (non-hydrogen) atoms. The number of primary sulfonamides is 1. The normalized spacial score (nSPS) is 17.7. The van der Waals surface area contributed by atoms with Gasteiger partial charge in [0, 0.05) is 23.4 Å². The number of rotatable bonds is 19. The van der Waals surface area contributed by atoms with Gasteiger partial charge in [0.25, 0.3) is 0 Å². The average Bonchev–Trinajstić information content (AvgIpc) is 3.67. The minimum Gasteiger partial charge on any atom is -0.467 e. The van der Waals surface area contributed by atoms with Crippen LogP contribution in [-0.2, 0) is 55.6 Å². The molecule has 1 aliphatic heterocycles. The summed E-state index contributed by atoms with van der Waals surface area (Å²) in [4.78, 5) is 51.3. The Morgan fingerprint density at radius 1 is 0.930 bits per heavy atom. The van der Waals surface area contributed by atoms with Crippen LogP contribution in [0.3, 0.4) is 0 Å². The highest BCUT2D eigenvalue weighted by atomic mass is 35.5. The molecule has 0 radical (unpaired) electrons. The number of halogens is 2. The van der Waals surface area contributed by atoms with Crippen molar-refractivity contribution in [1.82, 2.24) is 4.90 Å². The standard InChI is InChI=1S/C38H47Cl2N3O13S/c1-25-38(48,26-11-8-12-27(39)19-26)56-23-37(2,3)43(25)36(47)55-24-54-34(45)15-9-14-33(44)52-16-6-4-5-7-17-53-35(46)29-20-32(57(41,49)50)30(40)21-31(29)42-22-28-13-10-18-51-28/h8,10-13,18-21,25,42,48H,4-7,9,14-17,22-24H2,1-3H3,(H2,41,49,50)/t25-,38+/m0/s1. The second kappa shape index (κ2) is 20.3. The molecular formula is C38H47Cl2N3O13S. The lowest BCUT2D eigenvalue weighted by Gasteiger charge is -2.52. The number of carbonyl (C=O) groups is 4. The summed E-state index contributed by atoms with van der Waals surface area (Å²) in [5.41, 5.74) is -0.324. The lowest BCUT2D eigenvalue weighted by molar-refractivity contribution is -0.295. The van der Waals surface area contributed by atoms with E-state index in [1.165, 1.54) is 17.2 Å². The zero-order valence-electron chi connectivity index (χ0n) is 31.8. The molecule has 1 aromatic heterocycles. The van der Waals surface area contributed by atoms with Gasteiger partial charge in [-0.3, -0.25) is 14.5 Å². The summed E-state index contributed by atoms with van der Waals surface area (Å²) in [5, 5.41) is 19.9. The van der Waals surface area contributed by atoms with Gasteiger partial charge in [0.05, 0.1) is 60.5 Å². The Kier molecular flexibility index (Phi) is 16.2. The zero-order valence-corrected chi connectivity index (χ0v) is 34.1. The van der Waals surface area contributed by atoms with Crippen LogP contribution >= 0.6 is 23.2 Å². The number of anilines is 1. The maximum absolute atomic E-state index is 13.1. The molecule has 0 unspecified atom stereocenters. The molecule has 1 saturated heterocycles. The van der Waals surface area contributed by atoms with Crippen molar-refractivity contribution in [3.63, 3.8) is 0 Å². The van der Waals surface area contributed by atoms with Gasteiger partial charge < -0.3 is 38.5 Å². The number of hydrogen-bond acceptors (Lipinski definition) is 14. The number of amides is 1. The summed E-state index contributed by atoms with van der Waals surface area (Å²) < 4.78 is 55.9. The van der Waals surface area contributed by atoms with Gasteiger partial charge in [-0.1, -0.05) is 35.3 Å². The Labute approximate surface area is 340 Å². The molecule has 0 aliphatic carbocycles. The molecule has 2 heterocycles. The maximum atomic E-state index is 13.1. The lowest BCUT2D eigenvalue weighted by Crippen LogP contribution is -2.66. The molecule has 1 amide bonds. The van der Waals surface area contributed by atoms with E-state index in [9.17, 15) is 32.7 Å². The largest absolute Gasteiger partial charge is 0.467 e. The van der Waals surface area contributed by atoms with Crippen molar-refractivity contribution in [3.8, 4) is 0 Å². The van der Waals surface area contributed by atoms with Gasteiger partial charge in [0.1, 0.15) is 10.7 Å². The van der Waals surface area contributed by atoms with E-state index in [1.807, 2.05) is 0 Å². The number of benzene rings is 2. The molecule has 2 atom stereocenters. The molecule has 0 bridgehead atoms. The summed E-state index contributed by atoms with van der Waals surface area (Å²) in [6.07, 6.45) is 3.06. The maximum Gasteiger partial charge on any atom is 0.413 e. The molecule has 1 fully saturated rings. The Hall–Kier alpha value is -4.39. The number of nitrogens with two attached hydrogens (primary N) is 1. The Balaban J connectivity index is 1.08. The first-order valence-corrected chi connectivity index (χ1v) is 20.4. The van der Waals surface area contributed by atoms with Crippen LogP contribution in [0.2, 0.25) is 10.0 Å². The van der Waals surface area contributed by atoms with Crippen molar-refractivity contribution >= 4 is 62.9 Å². The number of esters is 3. The minimum absolute atomic E-state index is 0.0163. The number of nitrogens with zero attached hydrogens (tertiary/aromatic N) is 1. The molecule has 19 heteroatoms. The fourth-order valence-electron chi connectivity index (χ4n) is 6.02. The third-order valence-corrected chi connectivity index (χ3v) is 10.6. The summed E-state index contributed by atoms with van der Waals surface area (Å²) >= 11 is 12.2. The van der Waals surface area contributed by atoms with Crippen LogP contribution in [0.5, 0.6) is 0 Å². The monoisotopic (exact) mass is 855 g/mol. The quantitative estimate of drug-likeness (QED) is 0.0524. The van der Waals surface area contributed by atoms with Crippen LogP contribution in [0.25, 0.3) is 0 Å². The first-order chi connectivity index (χ1) is 26.9. The van der Waals surface area contributed by atoms with Crippen molar-refractivity contribution < 1.29 is 60.8 Å². The summed E-state index contributed by atoms with van der Waals surface area (Å²) in [6, 6.07) is 11.4. The van der Waals surface area contributed by atoms with Gasteiger partial charge in [0.2, 0.25) is 22.6 Å². The zero-order chi connectivity index (χ0) is 41.8. The average molecular weight is 857 g/mol. The number of sulfonamides is 1. The fourth-order valence-corrected chi connectivity index (χ4v) is 7.31. The van der Waals surface area contributed by atoms with Crippen molar-refractivity contribution in [2.75, 3.05) is 31.9 Å². The molecule has 1 aliphatic rings. The first kappa shape index (κ1) is 45.3. The van der Waals surface area contributed by atoms with Gasteiger partial charge in [-0.2, -0.15) is 0 Å². The second-order valence-corrected chi connectivity index (χ2v) is 16.2. The van der Waals surface area contributed by atoms with Crippen molar-refractivity contribution in [1.29, 1.82) is 0 Å². The van der Waals surface area contributed by atoms with Gasteiger partial charge in [-0.05, 0) is 89.3 Å². The smallest absolute Gasteiger partial charge is 0.413 e. The van der Waals surface area contributed by atoms with Gasteiger partial charge in [-0.25, -0.2) is 23.1 Å².